The Kier molecular flexibility index (Phi) is 6.07. The zero-order valence-electron chi connectivity index (χ0n) is 18.8. The van der Waals surface area contributed by atoms with Crippen molar-refractivity contribution < 1.29 is 31.1 Å². The van der Waals surface area contributed by atoms with Gasteiger partial charge in [0.1, 0.15) is 5.75 Å². The monoisotopic (exact) mass is 518 g/mol. The number of hydrogen-bond donors (Lipinski definition) is 1. The number of hydrogen-bond acceptors (Lipinski definition) is 6. The molecule has 3 aromatic rings. The van der Waals surface area contributed by atoms with Gasteiger partial charge in [0.25, 0.3) is 10.0 Å². The number of alkyl halides is 3. The topological polar surface area (TPSA) is 101 Å². The summed E-state index contributed by atoms with van der Waals surface area (Å²) in [6, 6.07) is 10.8. The van der Waals surface area contributed by atoms with Crippen LogP contribution >= 0.6 is 0 Å². The highest BCUT2D eigenvalue weighted by Crippen LogP contribution is 2.45. The lowest BCUT2D eigenvalue weighted by atomic mass is 9.85. The zero-order chi connectivity index (χ0) is 25.5. The second-order valence-electron chi connectivity index (χ2n) is 8.52. The molecule has 2 aliphatic heterocycles. The second-order valence-corrected chi connectivity index (χ2v) is 10.2. The highest BCUT2D eigenvalue weighted by atomic mass is 32.2. The smallest absolute Gasteiger partial charge is 0.416 e. The Bertz CT molecular complexity index is 1410. The minimum atomic E-state index is -4.55. The number of sulfonamides is 1. The van der Waals surface area contributed by atoms with E-state index < -0.39 is 21.8 Å². The molecule has 1 saturated heterocycles. The fourth-order valence-corrected chi connectivity index (χ4v) is 5.58. The van der Waals surface area contributed by atoms with Gasteiger partial charge in [0.05, 0.1) is 17.1 Å². The molecule has 3 heterocycles. The summed E-state index contributed by atoms with van der Waals surface area (Å²) in [6.45, 7) is 0.571. The predicted molar refractivity (Wildman–Crippen MR) is 124 cm³/mol. The molecule has 8 nitrogen and oxygen atoms in total. The lowest BCUT2D eigenvalue weighted by molar-refractivity contribution is -0.137. The second kappa shape index (κ2) is 9.08. The third-order valence-electron chi connectivity index (χ3n) is 6.24. The van der Waals surface area contributed by atoms with Gasteiger partial charge in [-0.25, -0.2) is 8.42 Å². The summed E-state index contributed by atoms with van der Waals surface area (Å²) >= 11 is 0. The van der Waals surface area contributed by atoms with Crippen molar-refractivity contribution in [2.24, 2.45) is 0 Å². The van der Waals surface area contributed by atoms with Crippen LogP contribution in [0.1, 0.15) is 41.9 Å². The molecule has 0 radical (unpaired) electrons. The molecule has 1 fully saturated rings. The normalized spacial score (nSPS) is 18.0. The Morgan fingerprint density at radius 2 is 1.89 bits per heavy atom. The maximum Gasteiger partial charge on any atom is 0.416 e. The fourth-order valence-electron chi connectivity index (χ4n) is 4.56. The molecule has 2 aromatic carbocycles. The maximum atomic E-state index is 13.5. The molecule has 0 aliphatic carbocycles. The summed E-state index contributed by atoms with van der Waals surface area (Å²) < 4.78 is 74.2. The van der Waals surface area contributed by atoms with Crippen LogP contribution in [0.25, 0.3) is 0 Å². The minimum absolute atomic E-state index is 0.0543. The van der Waals surface area contributed by atoms with Crippen LogP contribution in [0.5, 0.6) is 5.75 Å². The van der Waals surface area contributed by atoms with E-state index >= 15 is 0 Å². The summed E-state index contributed by atoms with van der Waals surface area (Å²) in [7, 11) is -3.99. The van der Waals surface area contributed by atoms with Gasteiger partial charge in [-0.05, 0) is 48.7 Å². The molecule has 1 N–H and O–H groups in total. The zero-order valence-corrected chi connectivity index (χ0v) is 19.6. The van der Waals surface area contributed by atoms with Crippen molar-refractivity contribution in [3.63, 3.8) is 0 Å². The quantitative estimate of drug-likeness (QED) is 0.539. The summed E-state index contributed by atoms with van der Waals surface area (Å²) in [5.74, 6) is -0.242. The Morgan fingerprint density at radius 1 is 1.08 bits per heavy atom. The van der Waals surface area contributed by atoms with Crippen molar-refractivity contribution in [2.45, 2.75) is 36.3 Å². The Balaban J connectivity index is 1.53. The molecule has 0 saturated carbocycles. The number of halogens is 3. The van der Waals surface area contributed by atoms with Gasteiger partial charge in [0, 0.05) is 42.4 Å². The molecular formula is C24H21F3N4O4S. The Hall–Kier alpha value is -3.67. The van der Waals surface area contributed by atoms with Gasteiger partial charge >= 0.3 is 6.18 Å². The van der Waals surface area contributed by atoms with Crippen molar-refractivity contribution in [1.82, 2.24) is 10.2 Å². The molecule has 12 heteroatoms. The van der Waals surface area contributed by atoms with E-state index in [-0.39, 0.29) is 41.3 Å². The molecule has 0 bridgehead atoms. The fraction of sp³-hybridized carbons (Fsp3) is 0.292. The van der Waals surface area contributed by atoms with Crippen LogP contribution in [-0.4, -0.2) is 37.7 Å². The van der Waals surface area contributed by atoms with Gasteiger partial charge < -0.3 is 9.64 Å². The van der Waals surface area contributed by atoms with E-state index in [0.717, 1.165) is 12.1 Å². The van der Waals surface area contributed by atoms with Gasteiger partial charge in [-0.2, -0.15) is 18.3 Å². The van der Waals surface area contributed by atoms with Crippen LogP contribution in [0.2, 0.25) is 0 Å². The number of rotatable bonds is 5. The van der Waals surface area contributed by atoms with Gasteiger partial charge in [-0.15, -0.1) is 5.10 Å². The van der Waals surface area contributed by atoms with Gasteiger partial charge in [-0.3, -0.25) is 9.52 Å². The third kappa shape index (κ3) is 4.60. The molecule has 188 valence electrons. The van der Waals surface area contributed by atoms with Crippen molar-refractivity contribution in [3.8, 4) is 5.75 Å². The number of benzene rings is 2. The summed E-state index contributed by atoms with van der Waals surface area (Å²) in [6.07, 6.45) is -1.84. The first-order chi connectivity index (χ1) is 17.1. The van der Waals surface area contributed by atoms with E-state index in [0.29, 0.717) is 36.3 Å². The average Bonchev–Trinajstić information content (AvgIpc) is 3.28. The molecule has 1 amide bonds. The summed E-state index contributed by atoms with van der Waals surface area (Å²) in [5.41, 5.74) is 0.597. The predicted octanol–water partition coefficient (Wildman–Crippen LogP) is 4.34. The van der Waals surface area contributed by atoms with E-state index in [1.54, 1.807) is 6.07 Å². The molecule has 2 aliphatic rings. The molecule has 36 heavy (non-hydrogen) atoms. The molecule has 1 unspecified atom stereocenters. The Morgan fingerprint density at radius 3 is 2.58 bits per heavy atom. The number of carbonyl (C=O) groups excluding carboxylic acids is 1. The number of fused-ring (bicyclic) bond motifs is 1. The highest BCUT2D eigenvalue weighted by Gasteiger charge is 2.35. The van der Waals surface area contributed by atoms with E-state index in [4.69, 9.17) is 4.74 Å². The Labute approximate surface area is 205 Å². The summed E-state index contributed by atoms with van der Waals surface area (Å²) in [5, 5.41) is 7.37. The van der Waals surface area contributed by atoms with Crippen molar-refractivity contribution in [1.29, 1.82) is 0 Å². The summed E-state index contributed by atoms with van der Waals surface area (Å²) in [4.78, 5) is 13.8. The number of amides is 1. The molecule has 1 atom stereocenters. The van der Waals surface area contributed by atoms with Crippen LogP contribution in [0, 0.1) is 0 Å². The molecule has 5 rings (SSSR count). The van der Waals surface area contributed by atoms with Crippen molar-refractivity contribution in [3.05, 3.63) is 71.4 Å². The van der Waals surface area contributed by atoms with Crippen molar-refractivity contribution >= 4 is 27.4 Å². The van der Waals surface area contributed by atoms with Gasteiger partial charge in [0.2, 0.25) is 5.91 Å². The number of anilines is 2. The lowest BCUT2D eigenvalue weighted by Crippen LogP contribution is -2.27. The maximum absolute atomic E-state index is 13.5. The molecule has 1 aromatic heterocycles. The standard InChI is InChI=1S/C24H21F3N4O4S/c25-24(26,27)15-5-7-18(20(13-15)31-11-2-4-23(31)32)17-9-12-35-21-14-16(6-8-19(17)21)36(33,34)30-22-3-1-10-28-29-22/h1,3,5-8,10,13-14,17H,2,4,9,11-12H2,(H,29,30). The number of nitrogens with zero attached hydrogens (tertiary/aromatic N) is 3. The average molecular weight is 519 g/mol. The van der Waals surface area contributed by atoms with Crippen LogP contribution in [0.3, 0.4) is 0 Å². The highest BCUT2D eigenvalue weighted by molar-refractivity contribution is 7.92. The minimum Gasteiger partial charge on any atom is -0.493 e. The van der Waals surface area contributed by atoms with Crippen LogP contribution in [0.15, 0.2) is 59.6 Å². The molecule has 0 spiro atoms. The first-order valence-electron chi connectivity index (χ1n) is 11.2. The van der Waals surface area contributed by atoms with Crippen LogP contribution in [0.4, 0.5) is 24.7 Å². The van der Waals surface area contributed by atoms with E-state index in [2.05, 4.69) is 14.9 Å². The first-order valence-corrected chi connectivity index (χ1v) is 12.7. The number of aromatic nitrogens is 2. The third-order valence-corrected chi connectivity index (χ3v) is 7.60. The number of carbonyl (C=O) groups is 1. The SMILES string of the molecule is O=C1CCCN1c1cc(C(F)(F)F)ccc1C1CCOc2cc(S(=O)(=O)Nc3cccnn3)ccc21. The van der Waals surface area contributed by atoms with E-state index in [9.17, 15) is 26.4 Å². The number of ether oxygens (including phenoxy) is 1. The molecular weight excluding hydrogens is 497 g/mol. The lowest BCUT2D eigenvalue weighted by Gasteiger charge is -2.30. The van der Waals surface area contributed by atoms with Crippen LogP contribution in [-0.2, 0) is 21.0 Å². The van der Waals surface area contributed by atoms with E-state index in [1.807, 2.05) is 0 Å². The van der Waals surface area contributed by atoms with Gasteiger partial charge in [0.15, 0.2) is 5.82 Å². The van der Waals surface area contributed by atoms with Crippen LogP contribution < -0.4 is 14.4 Å². The first kappa shape index (κ1) is 24.0. The largest absolute Gasteiger partial charge is 0.493 e. The number of nitrogens with one attached hydrogen (secondary N) is 1. The van der Waals surface area contributed by atoms with Gasteiger partial charge in [-0.1, -0.05) is 12.1 Å². The van der Waals surface area contributed by atoms with E-state index in [1.165, 1.54) is 41.4 Å². The van der Waals surface area contributed by atoms with Crippen molar-refractivity contribution in [2.75, 3.05) is 22.8 Å².